The van der Waals surface area contributed by atoms with Gasteiger partial charge in [0.25, 0.3) is 5.91 Å². The van der Waals surface area contributed by atoms with Crippen LogP contribution in [0.25, 0.3) is 0 Å². The average molecular weight is 423 g/mol. The summed E-state index contributed by atoms with van der Waals surface area (Å²) in [6.07, 6.45) is 2.18. The summed E-state index contributed by atoms with van der Waals surface area (Å²) in [5.41, 5.74) is 4.47. The molecule has 0 aliphatic carbocycles. The van der Waals surface area contributed by atoms with Gasteiger partial charge in [-0.15, -0.1) is 0 Å². The quantitative estimate of drug-likeness (QED) is 0.536. The molecule has 0 radical (unpaired) electrons. The van der Waals surface area contributed by atoms with Crippen molar-refractivity contribution in [3.8, 4) is 0 Å². The van der Waals surface area contributed by atoms with Gasteiger partial charge < -0.3 is 9.88 Å². The number of hydrogen-bond donors (Lipinski definition) is 1. The molecule has 3 rings (SSSR count). The number of halogens is 1. The van der Waals surface area contributed by atoms with Gasteiger partial charge in [-0.25, -0.2) is 0 Å². The highest BCUT2D eigenvalue weighted by Gasteiger charge is 2.21. The van der Waals surface area contributed by atoms with Crippen LogP contribution in [0.3, 0.4) is 0 Å². The zero-order valence-electron chi connectivity index (χ0n) is 17.7. The minimum atomic E-state index is -0.420. The summed E-state index contributed by atoms with van der Waals surface area (Å²) in [5.74, 6) is -0.420. The Morgan fingerprint density at radius 3 is 2.40 bits per heavy atom. The third-order valence-electron chi connectivity index (χ3n) is 5.16. The Morgan fingerprint density at radius 1 is 1.07 bits per heavy atom. The number of anilines is 1. The van der Waals surface area contributed by atoms with Crippen molar-refractivity contribution in [3.05, 3.63) is 97.9 Å². The lowest BCUT2D eigenvalue weighted by Crippen LogP contribution is -2.29. The number of nitrogens with zero attached hydrogens (tertiary/aromatic N) is 1. The number of carbonyl (C=O) groups excluding carboxylic acids is 1. The summed E-state index contributed by atoms with van der Waals surface area (Å²) in [4.78, 5) is 26.1. The van der Waals surface area contributed by atoms with Crippen molar-refractivity contribution >= 4 is 23.2 Å². The summed E-state index contributed by atoms with van der Waals surface area (Å²) in [5, 5.41) is 3.26. The second-order valence-electron chi connectivity index (χ2n) is 7.43. The third-order valence-corrected chi connectivity index (χ3v) is 5.49. The number of amides is 1. The Balaban J connectivity index is 2.10. The molecule has 156 valence electrons. The average Bonchev–Trinajstić information content (AvgIpc) is 2.73. The standard InChI is InChI=1S/C25H27ClN2O2/c1-4-8-22-24(25(30)27-21-10-7-6-9-20(21)26)23(29)15-19(5-2)28(22)16-18-13-11-17(3)12-14-18/h6-7,9-15H,4-5,8,16H2,1-3H3,(H,27,30). The van der Waals surface area contributed by atoms with Crippen molar-refractivity contribution < 1.29 is 4.79 Å². The molecule has 0 aliphatic heterocycles. The molecule has 30 heavy (non-hydrogen) atoms. The van der Waals surface area contributed by atoms with Crippen LogP contribution in [0.1, 0.15) is 53.1 Å². The predicted octanol–water partition coefficient (Wildman–Crippen LogP) is 5.63. The lowest BCUT2D eigenvalue weighted by atomic mass is 10.0. The SMILES string of the molecule is CCCc1c(C(=O)Nc2ccccc2Cl)c(=O)cc(CC)n1Cc1ccc(C)cc1. The van der Waals surface area contributed by atoms with Gasteiger partial charge in [0.2, 0.25) is 0 Å². The van der Waals surface area contributed by atoms with E-state index in [1.807, 2.05) is 6.92 Å². The van der Waals surface area contributed by atoms with Gasteiger partial charge >= 0.3 is 0 Å². The highest BCUT2D eigenvalue weighted by atomic mass is 35.5. The van der Waals surface area contributed by atoms with Gasteiger partial charge in [-0.1, -0.05) is 73.8 Å². The van der Waals surface area contributed by atoms with Crippen LogP contribution >= 0.6 is 11.6 Å². The van der Waals surface area contributed by atoms with E-state index in [2.05, 4.69) is 48.0 Å². The van der Waals surface area contributed by atoms with E-state index in [0.717, 1.165) is 23.4 Å². The van der Waals surface area contributed by atoms with E-state index in [-0.39, 0.29) is 11.0 Å². The highest BCUT2D eigenvalue weighted by Crippen LogP contribution is 2.22. The van der Waals surface area contributed by atoms with E-state index in [9.17, 15) is 9.59 Å². The smallest absolute Gasteiger partial charge is 0.261 e. The van der Waals surface area contributed by atoms with Crippen molar-refractivity contribution in [3.63, 3.8) is 0 Å². The molecule has 0 saturated carbocycles. The van der Waals surface area contributed by atoms with Crippen molar-refractivity contribution in [1.29, 1.82) is 0 Å². The first-order chi connectivity index (χ1) is 14.4. The maximum Gasteiger partial charge on any atom is 0.261 e. The van der Waals surface area contributed by atoms with E-state index in [1.54, 1.807) is 30.3 Å². The zero-order chi connectivity index (χ0) is 21.7. The molecule has 1 N–H and O–H groups in total. The fourth-order valence-corrected chi connectivity index (χ4v) is 3.79. The molecular weight excluding hydrogens is 396 g/mol. The molecule has 1 aromatic heterocycles. The van der Waals surface area contributed by atoms with Crippen LogP contribution in [-0.4, -0.2) is 10.5 Å². The number of aromatic nitrogens is 1. The number of aryl methyl sites for hydroxylation is 2. The minimum Gasteiger partial charge on any atom is -0.343 e. The lowest BCUT2D eigenvalue weighted by molar-refractivity contribution is 0.102. The van der Waals surface area contributed by atoms with Crippen LogP contribution in [0.2, 0.25) is 5.02 Å². The third kappa shape index (κ3) is 4.82. The first-order valence-electron chi connectivity index (χ1n) is 10.3. The summed E-state index contributed by atoms with van der Waals surface area (Å²) in [7, 11) is 0. The van der Waals surface area contributed by atoms with Crippen LogP contribution in [0, 0.1) is 6.92 Å². The molecule has 0 spiro atoms. The van der Waals surface area contributed by atoms with Crippen molar-refractivity contribution in [1.82, 2.24) is 4.57 Å². The van der Waals surface area contributed by atoms with Gasteiger partial charge in [0.1, 0.15) is 5.56 Å². The normalized spacial score (nSPS) is 10.8. The summed E-state index contributed by atoms with van der Waals surface area (Å²) in [6, 6.07) is 17.0. The Kier molecular flexibility index (Phi) is 7.11. The molecule has 5 heteroatoms. The van der Waals surface area contributed by atoms with E-state index in [0.29, 0.717) is 30.1 Å². The monoisotopic (exact) mass is 422 g/mol. The van der Waals surface area contributed by atoms with E-state index in [1.165, 1.54) is 5.56 Å². The van der Waals surface area contributed by atoms with Crippen molar-refractivity contribution in [2.45, 2.75) is 46.6 Å². The maximum absolute atomic E-state index is 13.1. The van der Waals surface area contributed by atoms with E-state index in [4.69, 9.17) is 11.6 Å². The van der Waals surface area contributed by atoms with Gasteiger partial charge in [-0.2, -0.15) is 0 Å². The molecule has 1 amide bonds. The summed E-state index contributed by atoms with van der Waals surface area (Å²) < 4.78 is 2.12. The molecule has 0 atom stereocenters. The Hall–Kier alpha value is -2.85. The first kappa shape index (κ1) is 21.8. The first-order valence-corrected chi connectivity index (χ1v) is 10.7. The van der Waals surface area contributed by atoms with Crippen LogP contribution < -0.4 is 10.7 Å². The summed E-state index contributed by atoms with van der Waals surface area (Å²) in [6.45, 7) is 6.75. The molecule has 0 aliphatic rings. The predicted molar refractivity (Wildman–Crippen MR) is 124 cm³/mol. The van der Waals surface area contributed by atoms with Gasteiger partial charge in [0.15, 0.2) is 5.43 Å². The van der Waals surface area contributed by atoms with Gasteiger partial charge in [0.05, 0.1) is 10.7 Å². The number of hydrogen-bond acceptors (Lipinski definition) is 2. The molecule has 3 aromatic rings. The topological polar surface area (TPSA) is 51.1 Å². The zero-order valence-corrected chi connectivity index (χ0v) is 18.4. The van der Waals surface area contributed by atoms with Crippen molar-refractivity contribution in [2.75, 3.05) is 5.32 Å². The van der Waals surface area contributed by atoms with Gasteiger partial charge in [-0.3, -0.25) is 9.59 Å². The minimum absolute atomic E-state index is 0.195. The lowest BCUT2D eigenvalue weighted by Gasteiger charge is -2.21. The number of benzene rings is 2. The number of carbonyl (C=O) groups is 1. The second-order valence-corrected chi connectivity index (χ2v) is 7.84. The molecule has 0 bridgehead atoms. The van der Waals surface area contributed by atoms with Crippen LogP contribution in [0.15, 0.2) is 59.4 Å². The van der Waals surface area contributed by atoms with Crippen LogP contribution in [-0.2, 0) is 19.4 Å². The number of rotatable bonds is 7. The summed E-state index contributed by atoms with van der Waals surface area (Å²) >= 11 is 6.20. The fourth-order valence-electron chi connectivity index (χ4n) is 3.60. The Bertz CT molecular complexity index is 1100. The molecule has 0 saturated heterocycles. The van der Waals surface area contributed by atoms with Gasteiger partial charge in [-0.05, 0) is 37.5 Å². The molecule has 4 nitrogen and oxygen atoms in total. The molecule has 2 aromatic carbocycles. The van der Waals surface area contributed by atoms with Crippen LogP contribution in [0.4, 0.5) is 5.69 Å². The maximum atomic E-state index is 13.1. The van der Waals surface area contributed by atoms with Crippen LogP contribution in [0.5, 0.6) is 0 Å². The number of para-hydroxylation sites is 1. The Labute approximate surface area is 182 Å². The highest BCUT2D eigenvalue weighted by molar-refractivity contribution is 6.33. The second kappa shape index (κ2) is 9.77. The molecule has 0 fully saturated rings. The molecule has 1 heterocycles. The number of pyridine rings is 1. The molecule has 0 unspecified atom stereocenters. The number of nitrogens with one attached hydrogen (secondary N) is 1. The Morgan fingerprint density at radius 2 is 1.77 bits per heavy atom. The van der Waals surface area contributed by atoms with Crippen molar-refractivity contribution in [2.24, 2.45) is 0 Å². The van der Waals surface area contributed by atoms with E-state index >= 15 is 0 Å². The van der Waals surface area contributed by atoms with Gasteiger partial charge in [0, 0.05) is 24.0 Å². The largest absolute Gasteiger partial charge is 0.343 e. The van der Waals surface area contributed by atoms with E-state index < -0.39 is 5.91 Å². The molecular formula is C25H27ClN2O2. The fraction of sp³-hybridized carbons (Fsp3) is 0.280.